The van der Waals surface area contributed by atoms with E-state index in [1.165, 1.54) is 0 Å². The molecule has 6 nitrogen and oxygen atoms in total. The summed E-state index contributed by atoms with van der Waals surface area (Å²) >= 11 is 0. The van der Waals surface area contributed by atoms with Gasteiger partial charge in [0, 0.05) is 42.5 Å². The highest BCUT2D eigenvalue weighted by atomic mass is 16.1. The Kier molecular flexibility index (Phi) is 5.41. The van der Waals surface area contributed by atoms with Crippen molar-refractivity contribution in [1.29, 1.82) is 0 Å². The lowest BCUT2D eigenvalue weighted by Gasteiger charge is -2.07. The highest BCUT2D eigenvalue weighted by molar-refractivity contribution is 5.89. The Bertz CT molecular complexity index is 977. The van der Waals surface area contributed by atoms with Crippen LogP contribution < -0.4 is 10.9 Å². The van der Waals surface area contributed by atoms with Crippen molar-refractivity contribution >= 4 is 22.6 Å². The normalized spacial score (nSPS) is 10.8. The second kappa shape index (κ2) is 7.91. The van der Waals surface area contributed by atoms with Gasteiger partial charge in [-0.1, -0.05) is 25.5 Å². The lowest BCUT2D eigenvalue weighted by molar-refractivity contribution is -0.116. The van der Waals surface area contributed by atoms with Crippen molar-refractivity contribution in [3.8, 4) is 11.1 Å². The van der Waals surface area contributed by atoms with Gasteiger partial charge >= 0.3 is 0 Å². The number of aromatic nitrogens is 3. The number of carbonyl (C=O) groups is 1. The molecule has 2 aromatic heterocycles. The van der Waals surface area contributed by atoms with Crippen molar-refractivity contribution in [2.75, 3.05) is 5.32 Å². The molecule has 0 unspecified atom stereocenters. The largest absolute Gasteiger partial charge is 0.315 e. The van der Waals surface area contributed by atoms with Crippen molar-refractivity contribution in [2.24, 2.45) is 0 Å². The fraction of sp³-hybridized carbons (Fsp3) is 0.300. The molecule has 0 spiro atoms. The van der Waals surface area contributed by atoms with E-state index in [-0.39, 0.29) is 11.5 Å². The van der Waals surface area contributed by atoms with E-state index < -0.39 is 0 Å². The maximum Gasteiger partial charge on any atom is 0.258 e. The van der Waals surface area contributed by atoms with Gasteiger partial charge in [0.15, 0.2) is 0 Å². The molecule has 0 aliphatic carbocycles. The van der Waals surface area contributed by atoms with Crippen LogP contribution in [0.25, 0.3) is 21.9 Å². The van der Waals surface area contributed by atoms with Gasteiger partial charge in [0.05, 0.1) is 0 Å². The number of hydrogen-bond donors (Lipinski definition) is 1. The summed E-state index contributed by atoms with van der Waals surface area (Å²) in [5.41, 5.74) is 1.66. The van der Waals surface area contributed by atoms with Crippen LogP contribution in [0.2, 0.25) is 0 Å². The van der Waals surface area contributed by atoms with Gasteiger partial charge < -0.3 is 4.57 Å². The number of hydrogen-bond acceptors (Lipinski definition) is 4. The third kappa shape index (κ3) is 3.79. The molecular formula is C20H22N4O2. The van der Waals surface area contributed by atoms with E-state index in [9.17, 15) is 9.59 Å². The molecule has 0 aliphatic heterocycles. The van der Waals surface area contributed by atoms with Crippen molar-refractivity contribution in [3.63, 3.8) is 0 Å². The number of anilines is 1. The minimum atomic E-state index is -0.0783. The Morgan fingerprint density at radius 2 is 1.88 bits per heavy atom. The first-order valence-electron chi connectivity index (χ1n) is 8.88. The number of benzene rings is 1. The lowest BCUT2D eigenvalue weighted by atomic mass is 10.0. The number of nitrogens with one attached hydrogen (secondary N) is 1. The molecule has 0 radical (unpaired) electrons. The topological polar surface area (TPSA) is 76.9 Å². The number of fused-ring (bicyclic) bond motifs is 1. The SMILES string of the molecule is CCCCC(=O)Nc1ncc(-c2ccc3ccn(CC)c(=O)c3c2)cn1. The van der Waals surface area contributed by atoms with Crippen LogP contribution in [0.4, 0.5) is 5.95 Å². The quantitative estimate of drug-likeness (QED) is 0.737. The molecule has 0 saturated heterocycles. The molecule has 0 atom stereocenters. The van der Waals surface area contributed by atoms with Gasteiger partial charge in [-0.2, -0.15) is 0 Å². The van der Waals surface area contributed by atoms with Gasteiger partial charge in [0.1, 0.15) is 0 Å². The number of unbranched alkanes of at least 4 members (excludes halogenated alkanes) is 1. The van der Waals surface area contributed by atoms with Crippen LogP contribution in [0.3, 0.4) is 0 Å². The van der Waals surface area contributed by atoms with Crippen LogP contribution >= 0.6 is 0 Å². The fourth-order valence-electron chi connectivity index (χ4n) is 2.77. The first kappa shape index (κ1) is 17.8. The number of rotatable bonds is 6. The molecule has 3 rings (SSSR count). The molecule has 2 heterocycles. The predicted octanol–water partition coefficient (Wildman–Crippen LogP) is 3.61. The molecule has 134 valence electrons. The average molecular weight is 350 g/mol. The molecule has 0 aliphatic rings. The second-order valence-corrected chi connectivity index (χ2v) is 6.16. The van der Waals surface area contributed by atoms with Crippen LogP contribution in [-0.4, -0.2) is 20.4 Å². The van der Waals surface area contributed by atoms with Crippen LogP contribution in [-0.2, 0) is 11.3 Å². The number of amides is 1. The van der Waals surface area contributed by atoms with E-state index in [2.05, 4.69) is 15.3 Å². The fourth-order valence-corrected chi connectivity index (χ4v) is 2.77. The van der Waals surface area contributed by atoms with Gasteiger partial charge in [0.2, 0.25) is 11.9 Å². The molecule has 3 aromatic rings. The van der Waals surface area contributed by atoms with Gasteiger partial charge in [-0.05, 0) is 36.4 Å². The van der Waals surface area contributed by atoms with Gasteiger partial charge in [-0.15, -0.1) is 0 Å². The summed E-state index contributed by atoms with van der Waals surface area (Å²) < 4.78 is 1.68. The summed E-state index contributed by atoms with van der Waals surface area (Å²) in [5, 5.41) is 4.27. The number of nitrogens with zero attached hydrogens (tertiary/aromatic N) is 3. The smallest absolute Gasteiger partial charge is 0.258 e. The first-order valence-corrected chi connectivity index (χ1v) is 8.88. The van der Waals surface area contributed by atoms with Crippen molar-refractivity contribution in [3.05, 3.63) is 53.2 Å². The standard InChI is InChI=1S/C20H22N4O2/c1-3-5-6-18(25)23-20-21-12-16(13-22-20)15-8-7-14-9-10-24(4-2)19(26)17(14)11-15/h7-13H,3-6H2,1-2H3,(H,21,22,23,25). The van der Waals surface area contributed by atoms with Crippen molar-refractivity contribution in [1.82, 2.24) is 14.5 Å². The van der Waals surface area contributed by atoms with Gasteiger partial charge in [-0.3, -0.25) is 14.9 Å². The van der Waals surface area contributed by atoms with Crippen LogP contribution in [0.15, 0.2) is 47.7 Å². The monoisotopic (exact) mass is 350 g/mol. The van der Waals surface area contributed by atoms with E-state index in [1.54, 1.807) is 17.0 Å². The minimum absolute atomic E-state index is 0.00687. The molecule has 1 aromatic carbocycles. The maximum absolute atomic E-state index is 12.5. The Balaban J connectivity index is 1.86. The van der Waals surface area contributed by atoms with E-state index in [1.807, 2.05) is 44.3 Å². The molecule has 0 bridgehead atoms. The summed E-state index contributed by atoms with van der Waals surface area (Å²) in [6.45, 7) is 4.62. The zero-order valence-corrected chi connectivity index (χ0v) is 15.0. The van der Waals surface area contributed by atoms with Crippen LogP contribution in [0.5, 0.6) is 0 Å². The minimum Gasteiger partial charge on any atom is -0.315 e. The van der Waals surface area contributed by atoms with E-state index in [0.717, 1.165) is 29.4 Å². The zero-order valence-electron chi connectivity index (χ0n) is 15.0. The van der Waals surface area contributed by atoms with E-state index in [0.29, 0.717) is 24.3 Å². The van der Waals surface area contributed by atoms with Crippen LogP contribution in [0.1, 0.15) is 33.1 Å². The zero-order chi connectivity index (χ0) is 18.5. The molecule has 0 fully saturated rings. The summed E-state index contributed by atoms with van der Waals surface area (Å²) in [5.74, 6) is 0.217. The molecule has 0 saturated carbocycles. The lowest BCUT2D eigenvalue weighted by Crippen LogP contribution is -2.18. The average Bonchev–Trinajstić information content (AvgIpc) is 2.67. The summed E-state index contributed by atoms with van der Waals surface area (Å²) in [7, 11) is 0. The number of carbonyl (C=O) groups excluding carboxylic acids is 1. The Labute approximate surface area is 151 Å². The molecule has 1 N–H and O–H groups in total. The molecule has 1 amide bonds. The first-order chi connectivity index (χ1) is 12.6. The summed E-state index contributed by atoms with van der Waals surface area (Å²) in [6, 6.07) is 7.67. The Morgan fingerprint density at radius 1 is 1.12 bits per heavy atom. The second-order valence-electron chi connectivity index (χ2n) is 6.16. The number of aryl methyl sites for hydroxylation is 1. The molecule has 6 heteroatoms. The van der Waals surface area contributed by atoms with E-state index in [4.69, 9.17) is 0 Å². The third-order valence-electron chi connectivity index (χ3n) is 4.31. The molecule has 26 heavy (non-hydrogen) atoms. The van der Waals surface area contributed by atoms with Gasteiger partial charge in [-0.25, -0.2) is 9.97 Å². The Morgan fingerprint density at radius 3 is 2.58 bits per heavy atom. The van der Waals surface area contributed by atoms with Gasteiger partial charge in [0.25, 0.3) is 5.56 Å². The predicted molar refractivity (Wildman–Crippen MR) is 103 cm³/mol. The third-order valence-corrected chi connectivity index (χ3v) is 4.31. The maximum atomic E-state index is 12.5. The highest BCUT2D eigenvalue weighted by Crippen LogP contribution is 2.22. The number of pyridine rings is 1. The van der Waals surface area contributed by atoms with Crippen molar-refractivity contribution in [2.45, 2.75) is 39.7 Å². The highest BCUT2D eigenvalue weighted by Gasteiger charge is 2.07. The van der Waals surface area contributed by atoms with Crippen molar-refractivity contribution < 1.29 is 4.79 Å². The van der Waals surface area contributed by atoms with E-state index >= 15 is 0 Å². The molecular weight excluding hydrogens is 328 g/mol. The summed E-state index contributed by atoms with van der Waals surface area (Å²) in [6.07, 6.45) is 7.40. The Hall–Kier alpha value is -3.02. The van der Waals surface area contributed by atoms with Crippen LogP contribution in [0, 0.1) is 0 Å². The summed E-state index contributed by atoms with van der Waals surface area (Å²) in [4.78, 5) is 32.7.